The van der Waals surface area contributed by atoms with Gasteiger partial charge in [0.05, 0.1) is 23.7 Å². The molecule has 1 amide bonds. The molecule has 0 bridgehead atoms. The second kappa shape index (κ2) is 8.51. The standard InChI is InChI=1S/C23H28N4O3S/c1-30-21-14-31-13-18(21)22(28)27-10-6-17(7-11-27)26-8-4-15(5-9-26)16-2-3-19-20(12-16)25-23(29)24-19/h2-3,12-15,17H,4-11H2,1H3,(H2,24,25,29). The second-order valence-corrected chi connectivity index (χ2v) is 9.32. The van der Waals surface area contributed by atoms with Crippen molar-refractivity contribution in [1.29, 1.82) is 0 Å². The highest BCUT2D eigenvalue weighted by molar-refractivity contribution is 7.08. The van der Waals surface area contributed by atoms with Crippen LogP contribution in [0.4, 0.5) is 0 Å². The molecule has 2 fully saturated rings. The zero-order chi connectivity index (χ0) is 21.4. The SMILES string of the molecule is COc1cscc1C(=O)N1CCC(N2CCC(c3ccc4[nH]c(=O)[nH]c4c3)CC2)CC1. The van der Waals surface area contributed by atoms with Crippen molar-refractivity contribution in [1.82, 2.24) is 19.8 Å². The van der Waals surface area contributed by atoms with Crippen LogP contribution in [0.3, 0.4) is 0 Å². The number of fused-ring (bicyclic) bond motifs is 1. The summed E-state index contributed by atoms with van der Waals surface area (Å²) >= 11 is 1.51. The van der Waals surface area contributed by atoms with E-state index in [4.69, 9.17) is 4.74 Å². The van der Waals surface area contributed by atoms with Gasteiger partial charge in [-0.25, -0.2) is 4.79 Å². The number of hydrogen-bond acceptors (Lipinski definition) is 5. The van der Waals surface area contributed by atoms with Gasteiger partial charge < -0.3 is 24.5 Å². The summed E-state index contributed by atoms with van der Waals surface area (Å²) in [5.41, 5.74) is 3.61. The number of aromatic amines is 2. The van der Waals surface area contributed by atoms with E-state index in [0.29, 0.717) is 23.3 Å². The molecule has 2 aromatic heterocycles. The molecule has 0 radical (unpaired) electrons. The van der Waals surface area contributed by atoms with Crippen LogP contribution >= 0.6 is 11.3 Å². The van der Waals surface area contributed by atoms with Gasteiger partial charge in [0.25, 0.3) is 5.91 Å². The molecule has 5 rings (SSSR count). The third-order valence-corrected chi connectivity index (χ3v) is 7.61. The predicted octanol–water partition coefficient (Wildman–Crippen LogP) is 3.41. The molecule has 2 saturated heterocycles. The molecule has 0 aliphatic carbocycles. The molecule has 0 atom stereocenters. The van der Waals surface area contributed by atoms with E-state index in [1.807, 2.05) is 21.7 Å². The normalized spacial score (nSPS) is 19.2. The number of rotatable bonds is 4. The van der Waals surface area contributed by atoms with E-state index < -0.39 is 0 Å². The summed E-state index contributed by atoms with van der Waals surface area (Å²) < 4.78 is 5.32. The number of aromatic nitrogens is 2. The van der Waals surface area contributed by atoms with E-state index in [1.54, 1.807) is 7.11 Å². The summed E-state index contributed by atoms with van der Waals surface area (Å²) in [5.74, 6) is 1.31. The smallest absolute Gasteiger partial charge is 0.323 e. The van der Waals surface area contributed by atoms with E-state index >= 15 is 0 Å². The second-order valence-electron chi connectivity index (χ2n) is 8.57. The minimum Gasteiger partial charge on any atom is -0.495 e. The molecule has 8 heteroatoms. The van der Waals surface area contributed by atoms with Crippen molar-refractivity contribution in [2.24, 2.45) is 0 Å². The number of methoxy groups -OCH3 is 1. The van der Waals surface area contributed by atoms with Crippen molar-refractivity contribution in [2.75, 3.05) is 33.3 Å². The number of H-pyrrole nitrogens is 2. The molecule has 2 aliphatic heterocycles. The maximum absolute atomic E-state index is 12.8. The molecule has 0 saturated carbocycles. The molecule has 7 nitrogen and oxygen atoms in total. The first kappa shape index (κ1) is 20.3. The maximum Gasteiger partial charge on any atom is 0.323 e. The summed E-state index contributed by atoms with van der Waals surface area (Å²) in [6.07, 6.45) is 4.32. The number of likely N-dealkylation sites (tertiary alicyclic amines) is 2. The van der Waals surface area contributed by atoms with Gasteiger partial charge in [-0.05, 0) is 62.4 Å². The molecule has 3 aromatic rings. The fourth-order valence-corrected chi connectivity index (χ4v) is 5.87. The molecule has 0 spiro atoms. The fraction of sp³-hybridized carbons (Fsp3) is 0.478. The lowest BCUT2D eigenvalue weighted by Gasteiger charge is -2.42. The summed E-state index contributed by atoms with van der Waals surface area (Å²) in [6, 6.07) is 6.83. The van der Waals surface area contributed by atoms with Gasteiger partial charge in [-0.3, -0.25) is 4.79 Å². The van der Waals surface area contributed by atoms with Crippen molar-refractivity contribution in [3.05, 3.63) is 50.6 Å². The van der Waals surface area contributed by atoms with Crippen molar-refractivity contribution >= 4 is 28.3 Å². The number of nitrogens with zero attached hydrogens (tertiary/aromatic N) is 2. The lowest BCUT2D eigenvalue weighted by atomic mass is 9.88. The Hall–Kier alpha value is -2.58. The van der Waals surface area contributed by atoms with E-state index in [9.17, 15) is 9.59 Å². The first-order valence-corrected chi connectivity index (χ1v) is 11.9. The summed E-state index contributed by atoms with van der Waals surface area (Å²) in [6.45, 7) is 3.78. The summed E-state index contributed by atoms with van der Waals surface area (Å²) in [7, 11) is 1.62. The highest BCUT2D eigenvalue weighted by Crippen LogP contribution is 2.32. The van der Waals surface area contributed by atoms with Crippen LogP contribution in [0.2, 0.25) is 0 Å². The fourth-order valence-electron chi connectivity index (χ4n) is 5.11. The number of benzene rings is 1. The lowest BCUT2D eigenvalue weighted by molar-refractivity contribution is 0.0576. The van der Waals surface area contributed by atoms with Gasteiger partial charge >= 0.3 is 5.69 Å². The number of imidazole rings is 1. The monoisotopic (exact) mass is 440 g/mol. The van der Waals surface area contributed by atoms with E-state index in [1.165, 1.54) is 16.9 Å². The molecule has 2 aliphatic rings. The molecule has 31 heavy (non-hydrogen) atoms. The van der Waals surface area contributed by atoms with Crippen molar-refractivity contribution in [3.63, 3.8) is 0 Å². The number of carbonyl (C=O) groups is 1. The van der Waals surface area contributed by atoms with Gasteiger partial charge in [0.1, 0.15) is 5.75 Å². The number of amides is 1. The highest BCUT2D eigenvalue weighted by atomic mass is 32.1. The van der Waals surface area contributed by atoms with Crippen molar-refractivity contribution < 1.29 is 9.53 Å². The Bertz CT molecular complexity index is 1120. The van der Waals surface area contributed by atoms with Crippen LogP contribution < -0.4 is 10.4 Å². The van der Waals surface area contributed by atoms with E-state index in [-0.39, 0.29) is 11.6 Å². The summed E-state index contributed by atoms with van der Waals surface area (Å²) in [5, 5.41) is 3.77. The number of nitrogens with one attached hydrogen (secondary N) is 2. The highest BCUT2D eigenvalue weighted by Gasteiger charge is 2.31. The number of ether oxygens (including phenoxy) is 1. The quantitative estimate of drug-likeness (QED) is 0.651. The number of thiophene rings is 1. The summed E-state index contributed by atoms with van der Waals surface area (Å²) in [4.78, 5) is 34.6. The zero-order valence-electron chi connectivity index (χ0n) is 17.7. The predicted molar refractivity (Wildman–Crippen MR) is 122 cm³/mol. The third-order valence-electron chi connectivity index (χ3n) is 6.89. The Kier molecular flexibility index (Phi) is 5.58. The first-order valence-electron chi connectivity index (χ1n) is 11.0. The molecule has 1 aromatic carbocycles. The Labute approximate surface area is 185 Å². The maximum atomic E-state index is 12.8. The molecule has 0 unspecified atom stereocenters. The van der Waals surface area contributed by atoms with E-state index in [2.05, 4.69) is 27.0 Å². The average molecular weight is 441 g/mol. The van der Waals surface area contributed by atoms with Crippen molar-refractivity contribution in [3.8, 4) is 5.75 Å². The topological polar surface area (TPSA) is 81.4 Å². The number of piperidine rings is 2. The zero-order valence-corrected chi connectivity index (χ0v) is 18.5. The van der Waals surface area contributed by atoms with E-state index in [0.717, 1.165) is 62.9 Å². The number of carbonyl (C=O) groups excluding carboxylic acids is 1. The minimum atomic E-state index is -0.149. The Balaban J connectivity index is 1.15. The third kappa shape index (κ3) is 4.02. The molecule has 4 heterocycles. The van der Waals surface area contributed by atoms with Gasteiger partial charge in [-0.15, -0.1) is 11.3 Å². The average Bonchev–Trinajstić information content (AvgIpc) is 3.43. The van der Waals surface area contributed by atoms with Crippen molar-refractivity contribution in [2.45, 2.75) is 37.6 Å². The largest absolute Gasteiger partial charge is 0.495 e. The van der Waals surface area contributed by atoms with Crippen LogP contribution in [0.5, 0.6) is 5.75 Å². The van der Waals surface area contributed by atoms with Gasteiger partial charge in [0, 0.05) is 29.9 Å². The lowest BCUT2D eigenvalue weighted by Crippen LogP contribution is -2.48. The Morgan fingerprint density at radius 3 is 2.52 bits per heavy atom. The van der Waals surface area contributed by atoms with Crippen LogP contribution in [-0.2, 0) is 0 Å². The van der Waals surface area contributed by atoms with Crippen LogP contribution in [0.25, 0.3) is 11.0 Å². The van der Waals surface area contributed by atoms with Gasteiger partial charge in [0.15, 0.2) is 0 Å². The molecule has 164 valence electrons. The molecule has 2 N–H and O–H groups in total. The Morgan fingerprint density at radius 1 is 1.03 bits per heavy atom. The van der Waals surface area contributed by atoms with Gasteiger partial charge in [0.2, 0.25) is 0 Å². The number of hydrogen-bond donors (Lipinski definition) is 2. The van der Waals surface area contributed by atoms with Gasteiger partial charge in [-0.2, -0.15) is 0 Å². The van der Waals surface area contributed by atoms with Crippen LogP contribution in [-0.4, -0.2) is 65.0 Å². The van der Waals surface area contributed by atoms with Crippen LogP contribution in [0.1, 0.15) is 47.5 Å². The van der Waals surface area contributed by atoms with Crippen LogP contribution in [0, 0.1) is 0 Å². The molecular weight excluding hydrogens is 412 g/mol. The van der Waals surface area contributed by atoms with Gasteiger partial charge in [-0.1, -0.05) is 6.07 Å². The Morgan fingerprint density at radius 2 is 1.77 bits per heavy atom. The van der Waals surface area contributed by atoms with Crippen LogP contribution in [0.15, 0.2) is 33.8 Å². The first-order chi connectivity index (χ1) is 15.1. The minimum absolute atomic E-state index is 0.0912. The molecular formula is C23H28N4O3S.